The molecule has 0 atom stereocenters. The Kier molecular flexibility index (Phi) is 4.49. The number of aromatic carboxylic acids is 1. The number of carbonyl (C=O) groups is 1. The van der Waals surface area contributed by atoms with E-state index in [2.05, 4.69) is 4.98 Å². The Morgan fingerprint density at radius 1 is 1.08 bits per heavy atom. The molecule has 0 aliphatic carbocycles. The van der Waals surface area contributed by atoms with Crippen LogP contribution in [0.5, 0.6) is 11.6 Å². The van der Waals surface area contributed by atoms with Gasteiger partial charge in [-0.05, 0) is 37.3 Å². The van der Waals surface area contributed by atoms with E-state index in [1.807, 2.05) is 31.2 Å². The molecule has 3 aromatic rings. The number of hydrogen-bond acceptors (Lipinski definition) is 3. The van der Waals surface area contributed by atoms with Gasteiger partial charge in [0.1, 0.15) is 11.3 Å². The summed E-state index contributed by atoms with van der Waals surface area (Å²) >= 11 is 6.08. The maximum Gasteiger partial charge on any atom is 0.341 e. The summed E-state index contributed by atoms with van der Waals surface area (Å²) in [6.45, 7) is 1.98. The zero-order chi connectivity index (χ0) is 17.1. The van der Waals surface area contributed by atoms with Gasteiger partial charge in [0.05, 0.1) is 10.7 Å². The number of para-hydroxylation sites is 1. The van der Waals surface area contributed by atoms with Crippen LogP contribution in [-0.4, -0.2) is 16.1 Å². The molecule has 0 bridgehead atoms. The van der Waals surface area contributed by atoms with Crippen molar-refractivity contribution in [3.8, 4) is 22.9 Å². The standard InChI is InChI=1S/C19H14ClNO3/c1-12-5-4-6-13(11-12)16-10-9-14(19(22)23)18(21-16)24-17-8-3-2-7-15(17)20/h2-11H,1H3,(H,22,23). The van der Waals surface area contributed by atoms with Crippen LogP contribution >= 0.6 is 11.6 Å². The van der Waals surface area contributed by atoms with Crippen LogP contribution in [-0.2, 0) is 0 Å². The average Bonchev–Trinajstić information content (AvgIpc) is 2.56. The minimum Gasteiger partial charge on any atom is -0.477 e. The molecule has 4 nitrogen and oxygen atoms in total. The van der Waals surface area contributed by atoms with E-state index in [4.69, 9.17) is 16.3 Å². The maximum atomic E-state index is 11.4. The molecule has 0 fully saturated rings. The molecule has 24 heavy (non-hydrogen) atoms. The molecule has 3 rings (SSSR count). The average molecular weight is 340 g/mol. The number of halogens is 1. The lowest BCUT2D eigenvalue weighted by atomic mass is 10.1. The van der Waals surface area contributed by atoms with Crippen LogP contribution in [0.1, 0.15) is 15.9 Å². The van der Waals surface area contributed by atoms with Gasteiger partial charge in [-0.3, -0.25) is 0 Å². The van der Waals surface area contributed by atoms with Gasteiger partial charge < -0.3 is 9.84 Å². The topological polar surface area (TPSA) is 59.4 Å². The number of hydrogen-bond donors (Lipinski definition) is 1. The summed E-state index contributed by atoms with van der Waals surface area (Å²) in [5.41, 5.74) is 2.58. The summed E-state index contributed by atoms with van der Waals surface area (Å²) in [5.74, 6) is -0.745. The molecule has 5 heteroatoms. The summed E-state index contributed by atoms with van der Waals surface area (Å²) in [4.78, 5) is 15.8. The second kappa shape index (κ2) is 6.72. The normalized spacial score (nSPS) is 10.4. The van der Waals surface area contributed by atoms with Crippen LogP contribution in [0.2, 0.25) is 5.02 Å². The monoisotopic (exact) mass is 339 g/mol. The van der Waals surface area contributed by atoms with E-state index in [-0.39, 0.29) is 11.4 Å². The van der Waals surface area contributed by atoms with Gasteiger partial charge in [0, 0.05) is 5.56 Å². The minimum absolute atomic E-state index is 0.00889. The zero-order valence-electron chi connectivity index (χ0n) is 12.9. The molecule has 0 saturated heterocycles. The molecule has 0 amide bonds. The Morgan fingerprint density at radius 2 is 1.88 bits per heavy atom. The molecule has 0 spiro atoms. The Labute approximate surface area is 144 Å². The van der Waals surface area contributed by atoms with Gasteiger partial charge in [-0.15, -0.1) is 0 Å². The fraction of sp³-hybridized carbons (Fsp3) is 0.0526. The van der Waals surface area contributed by atoms with Crippen LogP contribution in [0, 0.1) is 6.92 Å². The Morgan fingerprint density at radius 3 is 2.58 bits per heavy atom. The van der Waals surface area contributed by atoms with Gasteiger partial charge in [-0.2, -0.15) is 0 Å². The second-order valence-electron chi connectivity index (χ2n) is 5.26. The first kappa shape index (κ1) is 16.0. The third-order valence-corrected chi connectivity index (χ3v) is 3.76. The Balaban J connectivity index is 2.07. The highest BCUT2D eigenvalue weighted by molar-refractivity contribution is 6.32. The van der Waals surface area contributed by atoms with Gasteiger partial charge in [-0.1, -0.05) is 47.5 Å². The summed E-state index contributed by atoms with van der Waals surface area (Å²) in [6.07, 6.45) is 0. The first-order chi connectivity index (χ1) is 11.5. The van der Waals surface area contributed by atoms with Crippen molar-refractivity contribution in [2.24, 2.45) is 0 Å². The van der Waals surface area contributed by atoms with Gasteiger partial charge in [0.15, 0.2) is 0 Å². The van der Waals surface area contributed by atoms with Crippen LogP contribution in [0.25, 0.3) is 11.3 Å². The first-order valence-electron chi connectivity index (χ1n) is 7.28. The molecule has 1 heterocycles. The number of carboxylic acids is 1. The molecule has 0 saturated carbocycles. The number of benzene rings is 2. The van der Waals surface area contributed by atoms with E-state index in [9.17, 15) is 9.90 Å². The second-order valence-corrected chi connectivity index (χ2v) is 5.66. The number of carboxylic acid groups (broad SMARTS) is 1. The molecule has 1 aromatic heterocycles. The SMILES string of the molecule is Cc1cccc(-c2ccc(C(=O)O)c(Oc3ccccc3Cl)n2)c1. The zero-order valence-corrected chi connectivity index (χ0v) is 13.6. The van der Waals surface area contributed by atoms with Gasteiger partial charge in [0.2, 0.25) is 5.88 Å². The van der Waals surface area contributed by atoms with Crippen molar-refractivity contribution in [1.29, 1.82) is 0 Å². The number of aryl methyl sites for hydroxylation is 1. The number of pyridine rings is 1. The highest BCUT2D eigenvalue weighted by atomic mass is 35.5. The lowest BCUT2D eigenvalue weighted by Gasteiger charge is -2.11. The van der Waals surface area contributed by atoms with E-state index < -0.39 is 5.97 Å². The molecule has 120 valence electrons. The minimum atomic E-state index is -1.11. The Hall–Kier alpha value is -2.85. The Bertz CT molecular complexity index is 909. The summed E-state index contributed by atoms with van der Waals surface area (Å²) in [6, 6.07) is 17.8. The number of nitrogens with zero attached hydrogens (tertiary/aromatic N) is 1. The number of rotatable bonds is 4. The fourth-order valence-corrected chi connectivity index (χ4v) is 2.45. The van der Waals surface area contributed by atoms with Gasteiger partial charge in [0.25, 0.3) is 0 Å². The van der Waals surface area contributed by atoms with Crippen molar-refractivity contribution in [1.82, 2.24) is 4.98 Å². The van der Waals surface area contributed by atoms with Gasteiger partial charge in [-0.25, -0.2) is 9.78 Å². The smallest absolute Gasteiger partial charge is 0.341 e. The van der Waals surface area contributed by atoms with E-state index >= 15 is 0 Å². The maximum absolute atomic E-state index is 11.4. The quantitative estimate of drug-likeness (QED) is 0.709. The summed E-state index contributed by atoms with van der Waals surface area (Å²) < 4.78 is 5.67. The predicted octanol–water partition coefficient (Wildman–Crippen LogP) is 5.20. The van der Waals surface area contributed by atoms with Crippen LogP contribution in [0.15, 0.2) is 60.7 Å². The summed E-state index contributed by atoms with van der Waals surface area (Å²) in [7, 11) is 0. The lowest BCUT2D eigenvalue weighted by molar-refractivity contribution is 0.0693. The molecule has 0 aliphatic heterocycles. The molecule has 2 aromatic carbocycles. The molecule has 0 aliphatic rings. The molecule has 0 radical (unpaired) electrons. The van der Waals surface area contributed by atoms with E-state index in [0.29, 0.717) is 16.5 Å². The largest absolute Gasteiger partial charge is 0.477 e. The van der Waals surface area contributed by atoms with Crippen molar-refractivity contribution < 1.29 is 14.6 Å². The van der Waals surface area contributed by atoms with Gasteiger partial charge >= 0.3 is 5.97 Å². The third-order valence-electron chi connectivity index (χ3n) is 3.45. The van der Waals surface area contributed by atoms with Crippen LogP contribution < -0.4 is 4.74 Å². The molecular formula is C19H14ClNO3. The van der Waals surface area contributed by atoms with E-state index in [1.54, 1.807) is 30.3 Å². The fourth-order valence-electron chi connectivity index (χ4n) is 2.28. The highest BCUT2D eigenvalue weighted by Crippen LogP contribution is 2.31. The predicted molar refractivity (Wildman–Crippen MR) is 92.9 cm³/mol. The van der Waals surface area contributed by atoms with E-state index in [1.165, 1.54) is 6.07 Å². The highest BCUT2D eigenvalue weighted by Gasteiger charge is 2.16. The number of aromatic nitrogens is 1. The van der Waals surface area contributed by atoms with Crippen LogP contribution in [0.4, 0.5) is 0 Å². The van der Waals surface area contributed by atoms with Crippen LogP contribution in [0.3, 0.4) is 0 Å². The van der Waals surface area contributed by atoms with Crippen molar-refractivity contribution in [3.05, 3.63) is 76.8 Å². The number of ether oxygens (including phenoxy) is 1. The molecule has 0 unspecified atom stereocenters. The van der Waals surface area contributed by atoms with Crippen molar-refractivity contribution in [2.75, 3.05) is 0 Å². The summed E-state index contributed by atoms with van der Waals surface area (Å²) in [5, 5.41) is 9.75. The lowest BCUT2D eigenvalue weighted by Crippen LogP contribution is -2.03. The third kappa shape index (κ3) is 3.39. The molecule has 1 N–H and O–H groups in total. The van der Waals surface area contributed by atoms with Crippen molar-refractivity contribution >= 4 is 17.6 Å². The molecular weight excluding hydrogens is 326 g/mol. The van der Waals surface area contributed by atoms with Crippen molar-refractivity contribution in [2.45, 2.75) is 6.92 Å². The van der Waals surface area contributed by atoms with E-state index in [0.717, 1.165) is 11.1 Å². The van der Waals surface area contributed by atoms with Crippen molar-refractivity contribution in [3.63, 3.8) is 0 Å². The first-order valence-corrected chi connectivity index (χ1v) is 7.66.